The number of fused-ring (bicyclic) bond motifs is 1. The smallest absolute Gasteiger partial charge is 0.185 e. The van der Waals surface area contributed by atoms with E-state index in [1.807, 2.05) is 60.0 Å². The van der Waals surface area contributed by atoms with Crippen molar-refractivity contribution in [2.75, 3.05) is 6.61 Å². The van der Waals surface area contributed by atoms with E-state index in [0.717, 1.165) is 48.0 Å². The summed E-state index contributed by atoms with van der Waals surface area (Å²) in [5.74, 6) is 1.43. The highest BCUT2D eigenvalue weighted by Gasteiger charge is 2.08. The molecule has 0 aliphatic rings. The van der Waals surface area contributed by atoms with Crippen molar-refractivity contribution >= 4 is 17.3 Å². The average Bonchev–Trinajstić information content (AvgIpc) is 2.94. The van der Waals surface area contributed by atoms with Gasteiger partial charge in [0.15, 0.2) is 12.1 Å². The van der Waals surface area contributed by atoms with Crippen molar-refractivity contribution in [3.8, 4) is 5.75 Å². The number of hydrogen-bond acceptors (Lipinski definition) is 3. The van der Waals surface area contributed by atoms with Crippen molar-refractivity contribution in [2.45, 2.75) is 26.3 Å². The second kappa shape index (κ2) is 7.09. The van der Waals surface area contributed by atoms with E-state index in [0.29, 0.717) is 12.4 Å². The first-order valence-electron chi connectivity index (χ1n) is 7.88. The maximum Gasteiger partial charge on any atom is 0.185 e. The number of ether oxygens (including phenoxy) is 1. The number of aromatic nitrogens is 2. The van der Waals surface area contributed by atoms with Gasteiger partial charge in [0.25, 0.3) is 0 Å². The van der Waals surface area contributed by atoms with Gasteiger partial charge in [-0.1, -0.05) is 30.3 Å². The topological polar surface area (TPSA) is 44.1 Å². The Balaban J connectivity index is 1.57. The largest absolute Gasteiger partial charge is 0.493 e. The van der Waals surface area contributed by atoms with Crippen molar-refractivity contribution in [3.05, 3.63) is 59.9 Å². The molecule has 23 heavy (non-hydrogen) atoms. The Morgan fingerprint density at radius 3 is 2.70 bits per heavy atom. The Hall–Kier alpha value is -2.62. The number of rotatable bonds is 7. The van der Waals surface area contributed by atoms with E-state index in [1.54, 1.807) is 0 Å². The molecule has 0 amide bonds. The van der Waals surface area contributed by atoms with Crippen LogP contribution in [0.5, 0.6) is 5.75 Å². The molecule has 0 radical (unpaired) electrons. The monoisotopic (exact) mass is 308 g/mol. The van der Waals surface area contributed by atoms with Crippen LogP contribution in [-0.4, -0.2) is 22.4 Å². The van der Waals surface area contributed by atoms with Gasteiger partial charge in [0.2, 0.25) is 0 Å². The van der Waals surface area contributed by atoms with E-state index in [1.165, 1.54) is 0 Å². The van der Waals surface area contributed by atoms with Crippen LogP contribution in [0.25, 0.3) is 11.0 Å². The molecule has 3 rings (SSSR count). The fourth-order valence-electron chi connectivity index (χ4n) is 2.69. The van der Waals surface area contributed by atoms with Crippen molar-refractivity contribution in [1.29, 1.82) is 0 Å². The lowest BCUT2D eigenvalue weighted by Gasteiger charge is -2.09. The molecule has 4 nitrogen and oxygen atoms in total. The maximum atomic E-state index is 11.2. The van der Waals surface area contributed by atoms with Crippen LogP contribution in [-0.2, 0) is 6.54 Å². The summed E-state index contributed by atoms with van der Waals surface area (Å²) in [7, 11) is 0. The summed E-state index contributed by atoms with van der Waals surface area (Å²) in [5, 5.41) is 0. The zero-order valence-electron chi connectivity index (χ0n) is 13.2. The lowest BCUT2D eigenvalue weighted by atomic mass is 10.2. The normalized spacial score (nSPS) is 10.8. The molecule has 0 saturated heterocycles. The standard InChI is InChI=1S/C19H20N2O2/c1-15-8-2-5-11-18(15)23-13-7-6-12-21-17-10-4-3-9-16(17)20-19(21)14-22/h2-5,8-11,14H,6-7,12-13H2,1H3. The van der Waals surface area contributed by atoms with Crippen molar-refractivity contribution in [2.24, 2.45) is 0 Å². The Kier molecular flexibility index (Phi) is 4.71. The molecule has 0 atom stereocenters. The summed E-state index contributed by atoms with van der Waals surface area (Å²) >= 11 is 0. The Labute approximate surface area is 135 Å². The number of carbonyl (C=O) groups excluding carboxylic acids is 1. The third-order valence-electron chi connectivity index (χ3n) is 3.92. The fraction of sp³-hybridized carbons (Fsp3) is 0.263. The van der Waals surface area contributed by atoms with Gasteiger partial charge in [-0.2, -0.15) is 0 Å². The number of para-hydroxylation sites is 3. The van der Waals surface area contributed by atoms with Crippen LogP contribution >= 0.6 is 0 Å². The van der Waals surface area contributed by atoms with Crippen molar-refractivity contribution in [1.82, 2.24) is 9.55 Å². The average molecular weight is 308 g/mol. The first-order valence-corrected chi connectivity index (χ1v) is 7.88. The van der Waals surface area contributed by atoms with E-state index >= 15 is 0 Å². The number of imidazole rings is 1. The number of hydrogen-bond donors (Lipinski definition) is 0. The second-order valence-electron chi connectivity index (χ2n) is 5.55. The van der Waals surface area contributed by atoms with Crippen LogP contribution in [0.3, 0.4) is 0 Å². The van der Waals surface area contributed by atoms with Gasteiger partial charge in [0.05, 0.1) is 17.6 Å². The molecule has 2 aromatic carbocycles. The highest BCUT2D eigenvalue weighted by molar-refractivity contribution is 5.82. The molecule has 0 N–H and O–H groups in total. The number of aldehydes is 1. The molecule has 1 heterocycles. The molecule has 0 aliphatic heterocycles. The van der Waals surface area contributed by atoms with Gasteiger partial charge in [0.1, 0.15) is 5.75 Å². The summed E-state index contributed by atoms with van der Waals surface area (Å²) in [5.41, 5.74) is 3.02. The van der Waals surface area contributed by atoms with Gasteiger partial charge < -0.3 is 9.30 Å². The van der Waals surface area contributed by atoms with Gasteiger partial charge in [-0.15, -0.1) is 0 Å². The minimum absolute atomic E-state index is 0.492. The predicted octanol–water partition coefficient (Wildman–Crippen LogP) is 4.02. The van der Waals surface area contributed by atoms with E-state index in [4.69, 9.17) is 4.74 Å². The lowest BCUT2D eigenvalue weighted by molar-refractivity contribution is 0.111. The number of aryl methyl sites for hydroxylation is 2. The lowest BCUT2D eigenvalue weighted by Crippen LogP contribution is -2.05. The third kappa shape index (κ3) is 3.42. The van der Waals surface area contributed by atoms with Gasteiger partial charge in [-0.25, -0.2) is 4.98 Å². The van der Waals surface area contributed by atoms with E-state index in [-0.39, 0.29) is 0 Å². The highest BCUT2D eigenvalue weighted by Crippen LogP contribution is 2.18. The van der Waals surface area contributed by atoms with Crippen LogP contribution in [0, 0.1) is 6.92 Å². The molecule has 1 aromatic heterocycles. The predicted molar refractivity (Wildman–Crippen MR) is 91.0 cm³/mol. The van der Waals surface area contributed by atoms with E-state index in [9.17, 15) is 4.79 Å². The number of nitrogens with zero attached hydrogens (tertiary/aromatic N) is 2. The zero-order chi connectivity index (χ0) is 16.1. The number of carbonyl (C=O) groups is 1. The van der Waals surface area contributed by atoms with Crippen LogP contribution in [0.4, 0.5) is 0 Å². The molecule has 4 heteroatoms. The maximum absolute atomic E-state index is 11.2. The molecule has 3 aromatic rings. The van der Waals surface area contributed by atoms with Crippen LogP contribution in [0.1, 0.15) is 29.0 Å². The molecule has 0 bridgehead atoms. The minimum atomic E-state index is 0.492. The molecule has 0 spiro atoms. The van der Waals surface area contributed by atoms with E-state index in [2.05, 4.69) is 4.98 Å². The first kappa shape index (κ1) is 15.3. The minimum Gasteiger partial charge on any atom is -0.493 e. The third-order valence-corrected chi connectivity index (χ3v) is 3.92. The quantitative estimate of drug-likeness (QED) is 0.489. The van der Waals surface area contributed by atoms with Gasteiger partial charge >= 0.3 is 0 Å². The number of unbranched alkanes of at least 4 members (excludes halogenated alkanes) is 1. The van der Waals surface area contributed by atoms with Gasteiger partial charge in [0, 0.05) is 6.54 Å². The highest BCUT2D eigenvalue weighted by atomic mass is 16.5. The van der Waals surface area contributed by atoms with Crippen molar-refractivity contribution in [3.63, 3.8) is 0 Å². The van der Waals surface area contributed by atoms with E-state index < -0.39 is 0 Å². The summed E-state index contributed by atoms with van der Waals surface area (Å²) in [6, 6.07) is 15.9. The Morgan fingerprint density at radius 1 is 1.09 bits per heavy atom. The zero-order valence-corrected chi connectivity index (χ0v) is 13.2. The summed E-state index contributed by atoms with van der Waals surface area (Å²) in [4.78, 5) is 15.6. The van der Waals surface area contributed by atoms with Crippen LogP contribution in [0.2, 0.25) is 0 Å². The summed E-state index contributed by atoms with van der Waals surface area (Å²) in [6.45, 7) is 3.49. The molecule has 118 valence electrons. The first-order chi connectivity index (χ1) is 11.3. The fourth-order valence-corrected chi connectivity index (χ4v) is 2.69. The molecular formula is C19H20N2O2. The summed E-state index contributed by atoms with van der Waals surface area (Å²) in [6.07, 6.45) is 2.69. The molecule has 0 aliphatic carbocycles. The van der Waals surface area contributed by atoms with Gasteiger partial charge in [-0.3, -0.25) is 4.79 Å². The second-order valence-corrected chi connectivity index (χ2v) is 5.55. The number of benzene rings is 2. The molecule has 0 unspecified atom stereocenters. The Morgan fingerprint density at radius 2 is 1.87 bits per heavy atom. The van der Waals surface area contributed by atoms with Crippen LogP contribution in [0.15, 0.2) is 48.5 Å². The SMILES string of the molecule is Cc1ccccc1OCCCCn1c(C=O)nc2ccccc21. The molecular weight excluding hydrogens is 288 g/mol. The van der Waals surface area contributed by atoms with Crippen molar-refractivity contribution < 1.29 is 9.53 Å². The van der Waals surface area contributed by atoms with Crippen LogP contribution < -0.4 is 4.74 Å². The Bertz CT molecular complexity index is 808. The summed E-state index contributed by atoms with van der Waals surface area (Å²) < 4.78 is 7.79. The molecule has 0 saturated carbocycles. The molecule has 0 fully saturated rings. The van der Waals surface area contributed by atoms with Gasteiger partial charge in [-0.05, 0) is 43.5 Å².